The van der Waals surface area contributed by atoms with Crippen LogP contribution in [0.3, 0.4) is 0 Å². The van der Waals surface area contributed by atoms with Crippen LogP contribution in [0.4, 0.5) is 17.1 Å². The molecule has 0 radical (unpaired) electrons. The fraction of sp³-hybridized carbons (Fsp3) is 0.0698. The molecule has 2 heteroatoms. The number of fused-ring (bicyclic) bond motifs is 7. The lowest BCUT2D eigenvalue weighted by Gasteiger charge is -2.29. The third-order valence-electron chi connectivity index (χ3n) is 8.28. The van der Waals surface area contributed by atoms with Crippen LogP contribution in [0.1, 0.15) is 51.0 Å². The number of furan rings is 1. The van der Waals surface area contributed by atoms with Gasteiger partial charge < -0.3 is 9.32 Å². The number of rotatable bonds is 4. The molecule has 1 aliphatic carbocycles. The Balaban J connectivity index is 1.45. The van der Waals surface area contributed by atoms with E-state index < -0.39 is 118 Å². The van der Waals surface area contributed by atoms with Crippen molar-refractivity contribution in [1.82, 2.24) is 0 Å². The molecule has 7 aromatic carbocycles. The highest BCUT2D eigenvalue weighted by molar-refractivity contribution is 6.13. The number of benzene rings is 7. The summed E-state index contributed by atoms with van der Waals surface area (Å²) in [6, 6.07) is -2.63. The van der Waals surface area contributed by atoms with Crippen LogP contribution in [0.15, 0.2) is 156 Å². The summed E-state index contributed by atoms with van der Waals surface area (Å²) in [5, 5.41) is -0.822. The van der Waals surface area contributed by atoms with Crippen molar-refractivity contribution in [2.75, 3.05) is 4.90 Å². The van der Waals surface area contributed by atoms with Crippen LogP contribution in [-0.4, -0.2) is 0 Å². The topological polar surface area (TPSA) is 16.4 Å². The van der Waals surface area contributed by atoms with Crippen molar-refractivity contribution in [1.29, 1.82) is 0 Å². The molecule has 9 rings (SSSR count). The van der Waals surface area contributed by atoms with Gasteiger partial charge in [-0.3, -0.25) is 0 Å². The molecule has 0 amide bonds. The van der Waals surface area contributed by atoms with Crippen LogP contribution in [0.25, 0.3) is 55.0 Å². The van der Waals surface area contributed by atoms with Crippen LogP contribution in [0.2, 0.25) is 0 Å². The summed E-state index contributed by atoms with van der Waals surface area (Å²) in [5.41, 5.74) is -1.62. The molecule has 0 saturated carbocycles. The molecule has 8 aromatic rings. The van der Waals surface area contributed by atoms with E-state index >= 15 is 0 Å². The summed E-state index contributed by atoms with van der Waals surface area (Å²) in [7, 11) is 0. The molecule has 0 bridgehead atoms. The molecule has 214 valence electrons. The molecule has 0 atom stereocenters. The first-order valence-electron chi connectivity index (χ1n) is 23.5. The van der Waals surface area contributed by atoms with Crippen molar-refractivity contribution in [3.8, 4) is 22.3 Å². The van der Waals surface area contributed by atoms with Crippen molar-refractivity contribution in [2.24, 2.45) is 0 Å². The zero-order valence-corrected chi connectivity index (χ0v) is 23.8. The SMILES string of the molecule is [2H]c1cc2c(cc1[2H])C(C)(C)c1cc(N(c3cc([2H])c(-c4c([2H])c([2H])c([2H])c5c([2H])c([2H])c([2H])c([2H])c45)c([2H])c3[2H])c3c([2H])c([2H])c([2H])c4oc5c([2H])c([2H])ccc5c34)c([2H])c([2H])c1-2. The Bertz CT molecular complexity index is 3480. The van der Waals surface area contributed by atoms with E-state index in [1.165, 1.54) is 30.3 Å². The van der Waals surface area contributed by atoms with Gasteiger partial charge in [-0.15, -0.1) is 0 Å². The van der Waals surface area contributed by atoms with Crippen LogP contribution < -0.4 is 4.90 Å². The number of nitrogens with zero attached hydrogens (tertiary/aromatic N) is 1. The summed E-state index contributed by atoms with van der Waals surface area (Å²) in [6.45, 7) is 3.63. The van der Waals surface area contributed by atoms with E-state index in [-0.39, 0.29) is 69.1 Å². The fourth-order valence-electron chi connectivity index (χ4n) is 6.11. The summed E-state index contributed by atoms with van der Waals surface area (Å²) in [4.78, 5) is 1.12. The highest BCUT2D eigenvalue weighted by Crippen LogP contribution is 2.51. The number of hydrogen-bond acceptors (Lipinski definition) is 2. The maximum absolute atomic E-state index is 9.65. The van der Waals surface area contributed by atoms with E-state index in [4.69, 9.17) is 22.2 Å². The number of anilines is 3. The lowest BCUT2D eigenvalue weighted by molar-refractivity contribution is 0.660. The number of para-hydroxylation sites is 1. The molecule has 0 saturated heterocycles. The molecule has 45 heavy (non-hydrogen) atoms. The Morgan fingerprint density at radius 3 is 2.36 bits per heavy atom. The monoisotopic (exact) mass is 596 g/mol. The van der Waals surface area contributed by atoms with Gasteiger partial charge >= 0.3 is 0 Å². The van der Waals surface area contributed by atoms with E-state index in [0.29, 0.717) is 16.7 Å². The van der Waals surface area contributed by atoms with Crippen LogP contribution in [-0.2, 0) is 5.41 Å². The minimum absolute atomic E-state index is 0.0666. The maximum atomic E-state index is 9.65. The third-order valence-corrected chi connectivity index (χ3v) is 8.28. The van der Waals surface area contributed by atoms with Crippen molar-refractivity contribution >= 4 is 49.8 Å². The van der Waals surface area contributed by atoms with Crippen LogP contribution >= 0.6 is 0 Å². The van der Waals surface area contributed by atoms with Crippen LogP contribution in [0.5, 0.6) is 0 Å². The van der Waals surface area contributed by atoms with Gasteiger partial charge in [0.1, 0.15) is 11.2 Å². The molecule has 1 aromatic heterocycles. The lowest BCUT2D eigenvalue weighted by Crippen LogP contribution is -2.16. The average molecular weight is 597 g/mol. The second-order valence-electron chi connectivity index (χ2n) is 11.1. The van der Waals surface area contributed by atoms with Gasteiger partial charge in [0.05, 0.1) is 37.1 Å². The Kier molecular flexibility index (Phi) is 2.84. The zero-order chi connectivity index (χ0) is 46.7. The zero-order valence-electron chi connectivity index (χ0n) is 42.8. The minimum Gasteiger partial charge on any atom is -0.456 e. The second kappa shape index (κ2) is 9.70. The third kappa shape index (κ3) is 3.89. The molecule has 1 aliphatic rings. The predicted molar refractivity (Wildman–Crippen MR) is 189 cm³/mol. The fourth-order valence-corrected chi connectivity index (χ4v) is 6.11. The van der Waals surface area contributed by atoms with E-state index in [1.54, 1.807) is 0 Å². The van der Waals surface area contributed by atoms with Crippen molar-refractivity contribution < 1.29 is 30.5 Å². The highest BCUT2D eigenvalue weighted by atomic mass is 16.3. The minimum atomic E-state index is -0.978. The van der Waals surface area contributed by atoms with E-state index in [0.717, 1.165) is 11.0 Å². The Labute approximate surface area is 289 Å². The first-order chi connectivity index (χ1) is 29.9. The molecular formula is C43H31NO. The molecule has 0 unspecified atom stereocenters. The second-order valence-corrected chi connectivity index (χ2v) is 11.1. The van der Waals surface area contributed by atoms with Gasteiger partial charge in [-0.05, 0) is 86.5 Å². The lowest BCUT2D eigenvalue weighted by atomic mass is 9.82. The van der Waals surface area contributed by atoms with E-state index in [1.807, 2.05) is 13.8 Å². The molecule has 0 spiro atoms. The quantitative estimate of drug-likeness (QED) is 0.201. The van der Waals surface area contributed by atoms with Gasteiger partial charge in [-0.2, -0.15) is 0 Å². The molecule has 0 N–H and O–H groups in total. The van der Waals surface area contributed by atoms with Gasteiger partial charge in [0, 0.05) is 22.2 Å². The molecule has 0 fully saturated rings. The van der Waals surface area contributed by atoms with E-state index in [9.17, 15) is 8.22 Å². The Morgan fingerprint density at radius 2 is 1.40 bits per heavy atom. The summed E-state index contributed by atoms with van der Waals surface area (Å²) < 4.78 is 175. The predicted octanol–water partition coefficient (Wildman–Crippen LogP) is 12.2. The summed E-state index contributed by atoms with van der Waals surface area (Å²) >= 11 is 0. The highest BCUT2D eigenvalue weighted by Gasteiger charge is 2.35. The Hall–Kier alpha value is -5.60. The van der Waals surface area contributed by atoms with Gasteiger partial charge in [-0.25, -0.2) is 0 Å². The molecule has 2 nitrogen and oxygen atoms in total. The van der Waals surface area contributed by atoms with E-state index in [2.05, 4.69) is 0 Å². The maximum Gasteiger partial charge on any atom is 0.137 e. The van der Waals surface area contributed by atoms with Crippen LogP contribution in [0, 0.1) is 0 Å². The van der Waals surface area contributed by atoms with Gasteiger partial charge in [0.2, 0.25) is 0 Å². The average Bonchev–Trinajstić information content (AvgIpc) is 3.73. The molecule has 0 aliphatic heterocycles. The smallest absolute Gasteiger partial charge is 0.137 e. The summed E-state index contributed by atoms with van der Waals surface area (Å²) in [5.74, 6) is 0. The first-order valence-corrected chi connectivity index (χ1v) is 14.0. The Morgan fingerprint density at radius 1 is 0.578 bits per heavy atom. The standard InChI is InChI=1S/C43H31NO/c1-43(2)37-17-7-5-14-34(37)35-26-25-31(27-38(35)43)44(39-18-10-20-41-42(39)36-15-6-8-19-40(36)45-41)30-23-21-29(22-24-30)33-16-9-12-28-11-3-4-13-32(28)33/h3-27H,1-2H3/i3D,4D,5D,7D,8D,9D,10D,11D,12D,13D,16D,18D,19D,20D,21D,22D,23D,25D,26D. The van der Waals surface area contributed by atoms with Gasteiger partial charge in [-0.1, -0.05) is 123 Å². The molecule has 1 heterocycles. The normalized spacial score (nSPS) is 19.2. The largest absolute Gasteiger partial charge is 0.456 e. The van der Waals surface area contributed by atoms with Gasteiger partial charge in [0.15, 0.2) is 0 Å². The van der Waals surface area contributed by atoms with Crippen molar-refractivity contribution in [3.05, 3.63) is 162 Å². The number of hydrogen-bond donors (Lipinski definition) is 0. The van der Waals surface area contributed by atoms with Gasteiger partial charge in [0.25, 0.3) is 0 Å². The van der Waals surface area contributed by atoms with Crippen molar-refractivity contribution in [3.63, 3.8) is 0 Å². The van der Waals surface area contributed by atoms with Crippen molar-refractivity contribution in [2.45, 2.75) is 19.3 Å². The molecular weight excluding hydrogens is 546 g/mol. The summed E-state index contributed by atoms with van der Waals surface area (Å²) in [6.07, 6.45) is 0. The first kappa shape index (κ1) is 13.2.